The zero-order valence-corrected chi connectivity index (χ0v) is 19.5. The van der Waals surface area contributed by atoms with Gasteiger partial charge in [0, 0.05) is 31.6 Å². The van der Waals surface area contributed by atoms with Crippen LogP contribution in [0.4, 0.5) is 0 Å². The first-order valence-electron chi connectivity index (χ1n) is 8.75. The van der Waals surface area contributed by atoms with Crippen LogP contribution in [0, 0.1) is 6.92 Å². The van der Waals surface area contributed by atoms with Crippen LogP contribution in [-0.4, -0.2) is 38.3 Å². The van der Waals surface area contributed by atoms with Gasteiger partial charge in [-0.05, 0) is 25.0 Å². The zero-order chi connectivity index (χ0) is 18.8. The number of hydrogen-bond acceptors (Lipinski definition) is 5. The number of thiazole rings is 1. The van der Waals surface area contributed by atoms with E-state index in [0.29, 0.717) is 26.3 Å². The molecule has 0 spiro atoms. The second kappa shape index (κ2) is 12.9. The number of methoxy groups -OCH3 is 1. The summed E-state index contributed by atoms with van der Waals surface area (Å²) in [6, 6.07) is 6.20. The third-order valence-electron chi connectivity index (χ3n) is 3.78. The van der Waals surface area contributed by atoms with Crippen LogP contribution in [0.3, 0.4) is 0 Å². The van der Waals surface area contributed by atoms with Crippen molar-refractivity contribution >= 4 is 41.3 Å². The van der Waals surface area contributed by atoms with Crippen LogP contribution >= 0.6 is 35.3 Å². The standard InChI is InChI=1S/C19H28N4O2S.HI/c1-5-18-23-16(13-26-18)12-22-19(20-3)21-11-15-7-6-14(2)10-17(15)25-9-8-24-4;/h6-7,10,13H,5,8-9,11-12H2,1-4H3,(H2,20,21,22);1H. The Morgan fingerprint density at radius 2 is 2.00 bits per heavy atom. The molecule has 0 bridgehead atoms. The summed E-state index contributed by atoms with van der Waals surface area (Å²) in [5.74, 6) is 1.61. The molecule has 0 atom stereocenters. The van der Waals surface area contributed by atoms with Crippen molar-refractivity contribution < 1.29 is 9.47 Å². The molecule has 0 saturated heterocycles. The smallest absolute Gasteiger partial charge is 0.191 e. The number of hydrogen-bond donors (Lipinski definition) is 2. The van der Waals surface area contributed by atoms with Gasteiger partial charge in [0.05, 0.1) is 23.9 Å². The second-order valence-electron chi connectivity index (χ2n) is 5.82. The molecule has 8 heteroatoms. The van der Waals surface area contributed by atoms with Gasteiger partial charge in [-0.3, -0.25) is 4.99 Å². The zero-order valence-electron chi connectivity index (χ0n) is 16.4. The van der Waals surface area contributed by atoms with Crippen LogP contribution in [0.25, 0.3) is 0 Å². The van der Waals surface area contributed by atoms with E-state index in [1.54, 1.807) is 25.5 Å². The molecule has 0 aliphatic heterocycles. The van der Waals surface area contributed by atoms with Crippen LogP contribution < -0.4 is 15.4 Å². The molecule has 1 heterocycles. The third-order valence-corrected chi connectivity index (χ3v) is 4.82. The van der Waals surface area contributed by atoms with E-state index in [1.807, 2.05) is 6.07 Å². The summed E-state index contributed by atoms with van der Waals surface area (Å²) in [4.78, 5) is 8.84. The fourth-order valence-electron chi connectivity index (χ4n) is 2.34. The van der Waals surface area contributed by atoms with Crippen LogP contribution in [0.15, 0.2) is 28.6 Å². The van der Waals surface area contributed by atoms with E-state index in [0.717, 1.165) is 34.4 Å². The lowest BCUT2D eigenvalue weighted by atomic mass is 10.1. The number of aromatic nitrogens is 1. The fraction of sp³-hybridized carbons (Fsp3) is 0.474. The predicted octanol–water partition coefficient (Wildman–Crippen LogP) is 3.52. The van der Waals surface area contributed by atoms with Crippen LogP contribution in [0.5, 0.6) is 5.75 Å². The molecule has 150 valence electrons. The quantitative estimate of drug-likeness (QED) is 0.237. The topological polar surface area (TPSA) is 67.8 Å². The normalized spacial score (nSPS) is 11.0. The van der Waals surface area contributed by atoms with E-state index >= 15 is 0 Å². The summed E-state index contributed by atoms with van der Waals surface area (Å²) >= 11 is 1.69. The minimum atomic E-state index is 0. The van der Waals surface area contributed by atoms with Gasteiger partial charge in [0.2, 0.25) is 0 Å². The average molecular weight is 504 g/mol. The highest BCUT2D eigenvalue weighted by molar-refractivity contribution is 14.0. The van der Waals surface area contributed by atoms with Crippen LogP contribution in [0.2, 0.25) is 0 Å². The lowest BCUT2D eigenvalue weighted by Gasteiger charge is -2.15. The van der Waals surface area contributed by atoms with Gasteiger partial charge in [-0.15, -0.1) is 35.3 Å². The monoisotopic (exact) mass is 504 g/mol. The Balaban J connectivity index is 0.00000364. The van der Waals surface area contributed by atoms with Gasteiger partial charge in [-0.25, -0.2) is 4.98 Å². The molecule has 2 aromatic rings. The minimum Gasteiger partial charge on any atom is -0.491 e. The van der Waals surface area contributed by atoms with Gasteiger partial charge in [0.25, 0.3) is 0 Å². The number of aryl methyl sites for hydroxylation is 2. The highest BCUT2D eigenvalue weighted by Crippen LogP contribution is 2.20. The summed E-state index contributed by atoms with van der Waals surface area (Å²) in [7, 11) is 3.43. The maximum Gasteiger partial charge on any atom is 0.191 e. The molecule has 1 aromatic carbocycles. The molecule has 27 heavy (non-hydrogen) atoms. The number of ether oxygens (including phenoxy) is 2. The maximum atomic E-state index is 5.83. The number of guanidine groups is 1. The molecule has 0 aliphatic rings. The maximum absolute atomic E-state index is 5.83. The van der Waals surface area contributed by atoms with Gasteiger partial charge in [0.1, 0.15) is 12.4 Å². The molecule has 0 fully saturated rings. The van der Waals surface area contributed by atoms with Crippen LogP contribution in [-0.2, 0) is 24.2 Å². The minimum absolute atomic E-state index is 0. The van der Waals surface area contributed by atoms with Crippen molar-refractivity contribution in [3.63, 3.8) is 0 Å². The molecule has 0 amide bonds. The second-order valence-corrected chi connectivity index (χ2v) is 6.76. The molecule has 2 rings (SSSR count). The lowest BCUT2D eigenvalue weighted by molar-refractivity contribution is 0.145. The SMILES string of the molecule is CCc1nc(CNC(=NC)NCc2ccc(C)cc2OCCOC)cs1.I. The first kappa shape index (κ1) is 23.6. The van der Waals surface area contributed by atoms with Crippen molar-refractivity contribution in [1.29, 1.82) is 0 Å². The number of nitrogens with one attached hydrogen (secondary N) is 2. The Kier molecular flexibility index (Phi) is 11.3. The van der Waals surface area contributed by atoms with Gasteiger partial charge < -0.3 is 20.1 Å². The van der Waals surface area contributed by atoms with Crippen molar-refractivity contribution in [2.45, 2.75) is 33.4 Å². The first-order chi connectivity index (χ1) is 12.7. The Labute approximate surface area is 182 Å². The van der Waals surface area contributed by atoms with Crippen molar-refractivity contribution in [2.75, 3.05) is 27.4 Å². The Morgan fingerprint density at radius 3 is 2.67 bits per heavy atom. The molecule has 0 saturated carbocycles. The number of benzene rings is 1. The summed E-state index contributed by atoms with van der Waals surface area (Å²) < 4.78 is 10.9. The van der Waals surface area contributed by atoms with Crippen molar-refractivity contribution in [3.8, 4) is 5.75 Å². The van der Waals surface area contributed by atoms with E-state index in [-0.39, 0.29) is 24.0 Å². The highest BCUT2D eigenvalue weighted by Gasteiger charge is 2.07. The fourth-order valence-corrected chi connectivity index (χ4v) is 3.09. The number of halogens is 1. The van der Waals surface area contributed by atoms with Gasteiger partial charge in [0.15, 0.2) is 5.96 Å². The van der Waals surface area contributed by atoms with Crippen molar-refractivity contribution in [1.82, 2.24) is 15.6 Å². The summed E-state index contributed by atoms with van der Waals surface area (Å²) in [5.41, 5.74) is 3.28. The van der Waals surface area contributed by atoms with E-state index in [4.69, 9.17) is 9.47 Å². The van der Waals surface area contributed by atoms with E-state index in [9.17, 15) is 0 Å². The molecular weight excluding hydrogens is 475 g/mol. The van der Waals surface area contributed by atoms with E-state index in [2.05, 4.69) is 52.0 Å². The highest BCUT2D eigenvalue weighted by atomic mass is 127. The summed E-state index contributed by atoms with van der Waals surface area (Å²) in [5, 5.41) is 9.87. The third kappa shape index (κ3) is 8.02. The molecule has 1 aromatic heterocycles. The van der Waals surface area contributed by atoms with Crippen molar-refractivity contribution in [3.05, 3.63) is 45.4 Å². The number of nitrogens with zero attached hydrogens (tertiary/aromatic N) is 2. The van der Waals surface area contributed by atoms with Gasteiger partial charge >= 0.3 is 0 Å². The van der Waals surface area contributed by atoms with Crippen molar-refractivity contribution in [2.24, 2.45) is 4.99 Å². The summed E-state index contributed by atoms with van der Waals surface area (Å²) in [6.45, 7) is 6.55. The van der Waals surface area contributed by atoms with Gasteiger partial charge in [-0.1, -0.05) is 19.1 Å². The van der Waals surface area contributed by atoms with E-state index in [1.165, 1.54) is 5.56 Å². The molecule has 2 N–H and O–H groups in total. The summed E-state index contributed by atoms with van der Waals surface area (Å²) in [6.07, 6.45) is 0.969. The molecular formula is C19H29IN4O2S. The largest absolute Gasteiger partial charge is 0.491 e. The first-order valence-corrected chi connectivity index (χ1v) is 9.63. The number of aliphatic imine (C=N–C) groups is 1. The lowest BCUT2D eigenvalue weighted by Crippen LogP contribution is -2.36. The Bertz CT molecular complexity index is 721. The molecule has 0 unspecified atom stereocenters. The average Bonchev–Trinajstić information content (AvgIpc) is 3.11. The predicted molar refractivity (Wildman–Crippen MR) is 122 cm³/mol. The molecule has 6 nitrogen and oxygen atoms in total. The molecule has 0 radical (unpaired) electrons. The van der Waals surface area contributed by atoms with Crippen LogP contribution in [0.1, 0.15) is 28.8 Å². The Morgan fingerprint density at radius 1 is 1.22 bits per heavy atom. The number of rotatable bonds is 9. The van der Waals surface area contributed by atoms with Gasteiger partial charge in [-0.2, -0.15) is 0 Å². The van der Waals surface area contributed by atoms with E-state index < -0.39 is 0 Å². The Hall–Kier alpha value is -1.39. The molecule has 0 aliphatic carbocycles.